The van der Waals surface area contributed by atoms with Crippen molar-refractivity contribution in [3.63, 3.8) is 0 Å². The molecule has 2 heterocycles. The van der Waals surface area contributed by atoms with Crippen molar-refractivity contribution in [2.45, 2.75) is 4.90 Å². The predicted octanol–water partition coefficient (Wildman–Crippen LogP) is 0.466. The van der Waals surface area contributed by atoms with E-state index in [4.69, 9.17) is 0 Å². The van der Waals surface area contributed by atoms with Gasteiger partial charge in [0.15, 0.2) is 12.4 Å². The van der Waals surface area contributed by atoms with Crippen molar-refractivity contribution in [2.75, 3.05) is 0 Å². The number of hydrogen-bond acceptors (Lipinski definition) is 6. The van der Waals surface area contributed by atoms with Gasteiger partial charge in [0.2, 0.25) is 0 Å². The first kappa shape index (κ1) is 20.7. The van der Waals surface area contributed by atoms with Gasteiger partial charge in [-0.1, -0.05) is 30.3 Å². The third-order valence-electron chi connectivity index (χ3n) is 3.89. The molecular formula is C20H16N4O5S. The smallest absolute Gasteiger partial charge is 0.282 e. The van der Waals surface area contributed by atoms with Gasteiger partial charge in [-0.25, -0.2) is 10.4 Å². The zero-order valence-corrected chi connectivity index (χ0v) is 16.2. The zero-order valence-electron chi connectivity index (χ0n) is 15.4. The molecule has 0 unspecified atom stereocenters. The van der Waals surface area contributed by atoms with Crippen molar-refractivity contribution in [3.05, 3.63) is 89.7 Å². The normalized spacial score (nSPS) is 13.7. The highest BCUT2D eigenvalue weighted by Gasteiger charge is 2.22. The fourth-order valence-corrected chi connectivity index (χ4v) is 3.53. The second kappa shape index (κ2) is 8.97. The van der Waals surface area contributed by atoms with Gasteiger partial charge in [0.05, 0.1) is 16.7 Å². The molecule has 0 saturated heterocycles. The average molecular weight is 424 g/mol. The number of hydrazone groups is 1. The summed E-state index contributed by atoms with van der Waals surface area (Å²) < 4.78 is 25.2. The number of pyridine rings is 1. The van der Waals surface area contributed by atoms with E-state index in [1.165, 1.54) is 18.3 Å². The Morgan fingerprint density at radius 2 is 1.73 bits per heavy atom. The number of aromatic nitrogens is 1. The standard InChI is InChI=1S/C13H11N3O2.C7H5NO3S/c17-12-4-2-1-3-11(12)9-15-16-13(18)10-5-7-14-8-6-10;9-7-5-3-1-2-4-6(5)12(10,11)8-7/h1-9,17H,(H,16,18);1-4H,(H,8,9)/b15-9+;. The number of nitrogens with one attached hydrogen (secondary N) is 2. The van der Waals surface area contributed by atoms with Gasteiger partial charge in [-0.2, -0.15) is 17.9 Å². The lowest BCUT2D eigenvalue weighted by molar-refractivity contribution is -0.378. The Hall–Kier alpha value is -4.05. The number of rotatable bonds is 3. The molecule has 0 atom stereocenters. The zero-order chi connectivity index (χ0) is 21.6. The molecule has 0 saturated carbocycles. The van der Waals surface area contributed by atoms with E-state index < -0.39 is 15.9 Å². The van der Waals surface area contributed by atoms with E-state index in [1.54, 1.807) is 60.9 Å². The average Bonchev–Trinajstić information content (AvgIpc) is 2.99. The minimum Gasteiger partial charge on any atom is -0.858 e. The lowest BCUT2D eigenvalue weighted by Crippen LogP contribution is -2.18. The number of aromatic amines is 1. The van der Waals surface area contributed by atoms with E-state index in [-0.39, 0.29) is 22.1 Å². The van der Waals surface area contributed by atoms with Gasteiger partial charge >= 0.3 is 0 Å². The summed E-state index contributed by atoms with van der Waals surface area (Å²) in [4.78, 5) is 14.5. The van der Waals surface area contributed by atoms with E-state index in [0.29, 0.717) is 11.1 Å². The summed E-state index contributed by atoms with van der Waals surface area (Å²) in [6.07, 6.45) is 4.70. The minimum absolute atomic E-state index is 0.00926. The molecule has 1 aliphatic rings. The quantitative estimate of drug-likeness (QED) is 0.463. The highest BCUT2D eigenvalue weighted by Crippen LogP contribution is 2.23. The molecule has 152 valence electrons. The first-order chi connectivity index (χ1) is 14.4. The van der Waals surface area contributed by atoms with Gasteiger partial charge in [0.25, 0.3) is 15.9 Å². The number of para-hydroxylation sites is 1. The fraction of sp³-hybridized carbons (Fsp3) is 0. The number of aromatic hydroxyl groups is 1. The monoisotopic (exact) mass is 424 g/mol. The van der Waals surface area contributed by atoms with Crippen LogP contribution < -0.4 is 15.5 Å². The highest BCUT2D eigenvalue weighted by molar-refractivity contribution is 7.90. The van der Waals surface area contributed by atoms with Gasteiger partial charge < -0.3 is 10.2 Å². The molecule has 0 fully saturated rings. The number of carbonyl (C=O) groups is 1. The molecule has 3 N–H and O–H groups in total. The number of phenolic OH excluding ortho intramolecular Hbond substituents is 1. The Labute approximate surface area is 172 Å². The van der Waals surface area contributed by atoms with Crippen LogP contribution in [0.3, 0.4) is 0 Å². The van der Waals surface area contributed by atoms with Crippen molar-refractivity contribution in [3.8, 4) is 5.75 Å². The van der Waals surface area contributed by atoms with Gasteiger partial charge in [-0.15, -0.1) is 0 Å². The van der Waals surface area contributed by atoms with Crippen molar-refractivity contribution in [1.82, 2.24) is 5.43 Å². The number of sulfonamides is 1. The maximum absolute atomic E-state index is 11.6. The van der Waals surface area contributed by atoms with Crippen molar-refractivity contribution in [1.29, 1.82) is 0 Å². The molecule has 0 bridgehead atoms. The molecule has 9 nitrogen and oxygen atoms in total. The third-order valence-corrected chi connectivity index (χ3v) is 5.20. The lowest BCUT2D eigenvalue weighted by Gasteiger charge is -2.01. The third kappa shape index (κ3) is 4.86. The van der Waals surface area contributed by atoms with Crippen LogP contribution in [-0.4, -0.2) is 31.5 Å². The Bertz CT molecular complexity index is 1220. The largest absolute Gasteiger partial charge is 0.858 e. The SMILES string of the molecule is O=C(N/N=C/c1ccccc1O)c1cc[nH+]cc1.O=S1(=O)N=C([O-])c2ccccc21. The fourth-order valence-electron chi connectivity index (χ4n) is 2.44. The highest BCUT2D eigenvalue weighted by atomic mass is 32.2. The van der Waals surface area contributed by atoms with Gasteiger partial charge in [-0.3, -0.25) is 4.79 Å². The molecule has 0 aliphatic carbocycles. The molecule has 30 heavy (non-hydrogen) atoms. The van der Waals surface area contributed by atoms with Crippen LogP contribution in [0.25, 0.3) is 0 Å². The van der Waals surface area contributed by atoms with E-state index >= 15 is 0 Å². The number of benzene rings is 2. The first-order valence-electron chi connectivity index (χ1n) is 8.57. The second-order valence-electron chi connectivity index (χ2n) is 5.91. The Kier molecular flexibility index (Phi) is 6.18. The van der Waals surface area contributed by atoms with Crippen LogP contribution >= 0.6 is 0 Å². The Morgan fingerprint density at radius 1 is 1.07 bits per heavy atom. The van der Waals surface area contributed by atoms with E-state index in [9.17, 15) is 23.4 Å². The van der Waals surface area contributed by atoms with E-state index in [0.717, 1.165) is 0 Å². The Morgan fingerprint density at radius 3 is 2.43 bits per heavy atom. The number of hydrogen-bond donors (Lipinski definition) is 2. The maximum atomic E-state index is 11.6. The summed E-state index contributed by atoms with van der Waals surface area (Å²) in [5.41, 5.74) is 3.59. The topological polar surface area (TPSA) is 145 Å². The summed E-state index contributed by atoms with van der Waals surface area (Å²) in [6, 6.07) is 16.0. The molecule has 2 aromatic carbocycles. The molecular weight excluding hydrogens is 408 g/mol. The molecule has 3 aromatic rings. The number of phenols is 1. The lowest BCUT2D eigenvalue weighted by atomic mass is 10.2. The van der Waals surface area contributed by atoms with Gasteiger partial charge in [-0.05, 0) is 18.2 Å². The molecule has 10 heteroatoms. The maximum Gasteiger partial charge on any atom is 0.282 e. The summed E-state index contributed by atoms with van der Waals surface area (Å²) in [6.45, 7) is 0. The summed E-state index contributed by atoms with van der Waals surface area (Å²) in [5.74, 6) is -0.869. The molecule has 1 amide bonds. The van der Waals surface area contributed by atoms with Crippen LogP contribution in [0.2, 0.25) is 0 Å². The van der Waals surface area contributed by atoms with Crippen LogP contribution in [0.1, 0.15) is 21.5 Å². The van der Waals surface area contributed by atoms with Crippen LogP contribution in [0.4, 0.5) is 0 Å². The summed E-state index contributed by atoms with van der Waals surface area (Å²) >= 11 is 0. The van der Waals surface area contributed by atoms with E-state index in [1.807, 2.05) is 0 Å². The van der Waals surface area contributed by atoms with E-state index in [2.05, 4.69) is 19.9 Å². The van der Waals surface area contributed by atoms with Crippen LogP contribution in [0, 0.1) is 0 Å². The number of fused-ring (bicyclic) bond motifs is 1. The summed E-state index contributed by atoms with van der Waals surface area (Å²) in [5, 5.41) is 24.2. The first-order valence-corrected chi connectivity index (χ1v) is 10.0. The Balaban J connectivity index is 0.000000184. The van der Waals surface area contributed by atoms with Crippen LogP contribution in [0.5, 0.6) is 5.75 Å². The van der Waals surface area contributed by atoms with Crippen LogP contribution in [0.15, 0.2) is 87.5 Å². The van der Waals surface area contributed by atoms with Crippen molar-refractivity contribution >= 4 is 28.0 Å². The van der Waals surface area contributed by atoms with Gasteiger partial charge in [0.1, 0.15) is 5.75 Å². The molecule has 0 radical (unpaired) electrons. The second-order valence-corrected chi connectivity index (χ2v) is 7.49. The number of nitrogens with zero attached hydrogens (tertiary/aromatic N) is 2. The number of carbonyl (C=O) groups excluding carboxylic acids is 1. The molecule has 4 rings (SSSR count). The minimum atomic E-state index is -3.68. The van der Waals surface area contributed by atoms with Crippen molar-refractivity contribution in [2.24, 2.45) is 9.50 Å². The van der Waals surface area contributed by atoms with Crippen LogP contribution in [-0.2, 0) is 10.0 Å². The number of amides is 1. The summed E-state index contributed by atoms with van der Waals surface area (Å²) in [7, 11) is -3.68. The van der Waals surface area contributed by atoms with Gasteiger partial charge in [0, 0.05) is 29.2 Å². The molecule has 0 spiro atoms. The number of H-pyrrole nitrogens is 1. The van der Waals surface area contributed by atoms with Crippen molar-refractivity contribution < 1.29 is 28.4 Å². The molecule has 1 aromatic heterocycles. The molecule has 1 aliphatic heterocycles. The predicted molar refractivity (Wildman–Crippen MR) is 106 cm³/mol.